The van der Waals surface area contributed by atoms with Crippen LogP contribution in [0.3, 0.4) is 0 Å². The van der Waals surface area contributed by atoms with Crippen LogP contribution in [-0.4, -0.2) is 25.9 Å². The SMILES string of the molecule is Cc1ccc(C2=C(Nc3ccc(N(C)C)cc3)C(=O)N(c3ccc(Cl)cc3)C2=O)cc1C. The summed E-state index contributed by atoms with van der Waals surface area (Å²) in [7, 11) is 3.93. The van der Waals surface area contributed by atoms with E-state index in [1.165, 1.54) is 4.90 Å². The van der Waals surface area contributed by atoms with Crippen molar-refractivity contribution in [3.05, 3.63) is 94.1 Å². The summed E-state index contributed by atoms with van der Waals surface area (Å²) in [5.41, 5.74) is 5.72. The molecule has 0 aliphatic carbocycles. The van der Waals surface area contributed by atoms with Gasteiger partial charge in [-0.25, -0.2) is 4.90 Å². The van der Waals surface area contributed by atoms with E-state index in [2.05, 4.69) is 5.32 Å². The number of halogens is 1. The number of hydrogen-bond acceptors (Lipinski definition) is 4. The normalized spacial score (nSPS) is 13.7. The highest BCUT2D eigenvalue weighted by atomic mass is 35.5. The van der Waals surface area contributed by atoms with Gasteiger partial charge in [0.05, 0.1) is 11.3 Å². The highest BCUT2D eigenvalue weighted by Gasteiger charge is 2.40. The number of nitrogens with zero attached hydrogens (tertiary/aromatic N) is 2. The largest absolute Gasteiger partial charge is 0.378 e. The Morgan fingerprint density at radius 3 is 2.06 bits per heavy atom. The zero-order valence-electron chi connectivity index (χ0n) is 18.4. The molecule has 3 aromatic rings. The van der Waals surface area contributed by atoms with Crippen LogP contribution in [0.25, 0.3) is 5.57 Å². The molecule has 0 radical (unpaired) electrons. The van der Waals surface area contributed by atoms with Gasteiger partial charge in [0.1, 0.15) is 5.70 Å². The Balaban J connectivity index is 1.80. The Hall–Kier alpha value is -3.57. The lowest BCUT2D eigenvalue weighted by Crippen LogP contribution is -2.32. The molecular weight excluding hydrogens is 422 g/mol. The van der Waals surface area contributed by atoms with E-state index in [1.54, 1.807) is 24.3 Å². The number of aryl methyl sites for hydroxylation is 2. The summed E-state index contributed by atoms with van der Waals surface area (Å²) < 4.78 is 0. The first-order valence-corrected chi connectivity index (χ1v) is 10.6. The molecule has 3 aromatic carbocycles. The fraction of sp³-hybridized carbons (Fsp3) is 0.154. The molecule has 0 saturated heterocycles. The molecular formula is C26H24ClN3O2. The maximum Gasteiger partial charge on any atom is 0.282 e. The highest BCUT2D eigenvalue weighted by Crippen LogP contribution is 2.35. The Bertz CT molecular complexity index is 1230. The molecule has 1 aliphatic heterocycles. The molecule has 0 atom stereocenters. The van der Waals surface area contributed by atoms with Crippen LogP contribution in [0.5, 0.6) is 0 Å². The number of hydrogen-bond donors (Lipinski definition) is 1. The molecule has 0 bridgehead atoms. The molecule has 5 nitrogen and oxygen atoms in total. The number of carbonyl (C=O) groups excluding carboxylic acids is 2. The minimum Gasteiger partial charge on any atom is -0.378 e. The molecule has 6 heteroatoms. The van der Waals surface area contributed by atoms with Gasteiger partial charge in [-0.3, -0.25) is 9.59 Å². The van der Waals surface area contributed by atoms with Crippen LogP contribution in [0.2, 0.25) is 5.02 Å². The molecule has 0 fully saturated rings. The van der Waals surface area contributed by atoms with Gasteiger partial charge >= 0.3 is 0 Å². The van der Waals surface area contributed by atoms with Crippen molar-refractivity contribution in [1.29, 1.82) is 0 Å². The van der Waals surface area contributed by atoms with Crippen LogP contribution in [0.15, 0.2) is 72.4 Å². The number of amides is 2. The predicted octanol–water partition coefficient (Wildman–Crippen LogP) is 5.42. The molecule has 32 heavy (non-hydrogen) atoms. The van der Waals surface area contributed by atoms with Gasteiger partial charge in [0, 0.05) is 30.5 Å². The second-order valence-electron chi connectivity index (χ2n) is 8.04. The number of imide groups is 1. The third-order valence-electron chi connectivity index (χ3n) is 5.62. The third kappa shape index (κ3) is 3.99. The van der Waals surface area contributed by atoms with Crippen LogP contribution in [0, 0.1) is 13.8 Å². The first-order valence-electron chi connectivity index (χ1n) is 10.3. The lowest BCUT2D eigenvalue weighted by molar-refractivity contribution is -0.120. The van der Waals surface area contributed by atoms with E-state index in [0.29, 0.717) is 21.8 Å². The predicted molar refractivity (Wildman–Crippen MR) is 131 cm³/mol. The van der Waals surface area contributed by atoms with Gasteiger partial charge in [0.15, 0.2) is 0 Å². The smallest absolute Gasteiger partial charge is 0.282 e. The quantitative estimate of drug-likeness (QED) is 0.533. The van der Waals surface area contributed by atoms with Crippen molar-refractivity contribution >= 4 is 46.1 Å². The minimum absolute atomic E-state index is 0.255. The minimum atomic E-state index is -0.401. The molecule has 0 aromatic heterocycles. The zero-order chi connectivity index (χ0) is 23.0. The Kier molecular flexibility index (Phi) is 5.76. The standard InChI is InChI=1S/C26H24ClN3O2/c1-16-5-6-18(15-17(16)2)23-24(28-20-9-13-21(14-10-20)29(3)4)26(32)30(25(23)31)22-11-7-19(27)8-12-22/h5-15,28H,1-4H3. The fourth-order valence-corrected chi connectivity index (χ4v) is 3.75. The summed E-state index contributed by atoms with van der Waals surface area (Å²) >= 11 is 6.00. The van der Waals surface area contributed by atoms with Gasteiger partial charge in [0.25, 0.3) is 11.8 Å². The Morgan fingerprint density at radius 1 is 0.812 bits per heavy atom. The maximum absolute atomic E-state index is 13.5. The molecule has 4 rings (SSSR count). The van der Waals surface area contributed by atoms with E-state index in [1.807, 2.05) is 75.3 Å². The molecule has 1 aliphatic rings. The van der Waals surface area contributed by atoms with Gasteiger partial charge in [0.2, 0.25) is 0 Å². The summed E-state index contributed by atoms with van der Waals surface area (Å²) in [6.07, 6.45) is 0. The van der Waals surface area contributed by atoms with Crippen molar-refractivity contribution in [3.63, 3.8) is 0 Å². The summed E-state index contributed by atoms with van der Waals surface area (Å²) in [5.74, 6) is -0.768. The van der Waals surface area contributed by atoms with E-state index in [4.69, 9.17) is 11.6 Å². The number of benzene rings is 3. The average molecular weight is 446 g/mol. The topological polar surface area (TPSA) is 52.7 Å². The molecule has 1 heterocycles. The molecule has 1 N–H and O–H groups in total. The van der Waals surface area contributed by atoms with Crippen LogP contribution in [0.4, 0.5) is 17.1 Å². The Labute approximate surface area is 192 Å². The van der Waals surface area contributed by atoms with Crippen molar-refractivity contribution in [2.45, 2.75) is 13.8 Å². The van der Waals surface area contributed by atoms with Crippen molar-refractivity contribution in [2.24, 2.45) is 0 Å². The molecule has 162 valence electrons. The number of rotatable bonds is 5. The first-order chi connectivity index (χ1) is 15.3. The second-order valence-corrected chi connectivity index (χ2v) is 8.47. The van der Waals surface area contributed by atoms with Crippen LogP contribution in [0.1, 0.15) is 16.7 Å². The average Bonchev–Trinajstić information content (AvgIpc) is 3.01. The van der Waals surface area contributed by atoms with Crippen LogP contribution < -0.4 is 15.1 Å². The number of carbonyl (C=O) groups is 2. The van der Waals surface area contributed by atoms with Gasteiger partial charge in [-0.05, 0) is 79.1 Å². The lowest BCUT2D eigenvalue weighted by atomic mass is 9.99. The van der Waals surface area contributed by atoms with Gasteiger partial charge < -0.3 is 10.2 Å². The molecule has 0 unspecified atom stereocenters. The second kappa shape index (κ2) is 8.52. The summed E-state index contributed by atoms with van der Waals surface area (Å²) in [6, 6.07) is 20.2. The molecule has 0 saturated carbocycles. The van der Waals surface area contributed by atoms with Gasteiger partial charge in [-0.2, -0.15) is 0 Å². The number of anilines is 3. The van der Waals surface area contributed by atoms with Crippen molar-refractivity contribution in [2.75, 3.05) is 29.2 Å². The number of nitrogens with one attached hydrogen (secondary N) is 1. The molecule has 2 amide bonds. The monoisotopic (exact) mass is 445 g/mol. The van der Waals surface area contributed by atoms with Crippen molar-refractivity contribution in [3.8, 4) is 0 Å². The highest BCUT2D eigenvalue weighted by molar-refractivity contribution is 6.46. The molecule has 0 spiro atoms. The maximum atomic E-state index is 13.5. The Morgan fingerprint density at radius 2 is 1.47 bits per heavy atom. The van der Waals surface area contributed by atoms with Crippen molar-refractivity contribution in [1.82, 2.24) is 0 Å². The lowest BCUT2D eigenvalue weighted by Gasteiger charge is -2.16. The van der Waals surface area contributed by atoms with E-state index < -0.39 is 5.91 Å². The first kappa shape index (κ1) is 21.7. The van der Waals surface area contributed by atoms with Gasteiger partial charge in [-0.1, -0.05) is 29.8 Å². The summed E-state index contributed by atoms with van der Waals surface area (Å²) in [5, 5.41) is 3.74. The van der Waals surface area contributed by atoms with E-state index >= 15 is 0 Å². The summed E-state index contributed by atoms with van der Waals surface area (Å²) in [6.45, 7) is 4.01. The summed E-state index contributed by atoms with van der Waals surface area (Å²) in [4.78, 5) is 30.2. The van der Waals surface area contributed by atoms with Crippen LogP contribution in [-0.2, 0) is 9.59 Å². The van der Waals surface area contributed by atoms with Crippen molar-refractivity contribution < 1.29 is 9.59 Å². The van der Waals surface area contributed by atoms with E-state index in [9.17, 15) is 9.59 Å². The van der Waals surface area contributed by atoms with Crippen LogP contribution >= 0.6 is 11.6 Å². The van der Waals surface area contributed by atoms with Gasteiger partial charge in [-0.15, -0.1) is 0 Å². The van der Waals surface area contributed by atoms with E-state index in [-0.39, 0.29) is 11.6 Å². The zero-order valence-corrected chi connectivity index (χ0v) is 19.2. The third-order valence-corrected chi connectivity index (χ3v) is 5.87. The fourth-order valence-electron chi connectivity index (χ4n) is 3.62. The van der Waals surface area contributed by atoms with E-state index in [0.717, 1.165) is 22.5 Å².